The highest BCUT2D eigenvalue weighted by molar-refractivity contribution is 5.48. The molecule has 0 aliphatic heterocycles. The first kappa shape index (κ1) is 12.3. The Hall–Kier alpha value is -2.19. The zero-order valence-electron chi connectivity index (χ0n) is 10.2. The van der Waals surface area contributed by atoms with E-state index >= 15 is 0 Å². The van der Waals surface area contributed by atoms with Gasteiger partial charge in [-0.2, -0.15) is 5.26 Å². The van der Waals surface area contributed by atoms with Crippen LogP contribution in [0.2, 0.25) is 0 Å². The van der Waals surface area contributed by atoms with E-state index in [9.17, 15) is 0 Å². The summed E-state index contributed by atoms with van der Waals surface area (Å²) in [7, 11) is 0. The Kier molecular flexibility index (Phi) is 4.05. The van der Waals surface area contributed by atoms with E-state index in [0.29, 0.717) is 23.7 Å². The Morgan fingerprint density at radius 2 is 2.33 bits per heavy atom. The first-order chi connectivity index (χ1) is 8.83. The molecule has 0 unspecified atom stereocenters. The number of aromatic nitrogens is 2. The smallest absolute Gasteiger partial charge is 0.245 e. The SMILES string of the molecule is CCCNCc1coc(-c2ccc(C#N)cn2)n1. The lowest BCUT2D eigenvalue weighted by atomic mass is 10.3. The van der Waals surface area contributed by atoms with Gasteiger partial charge in [0.15, 0.2) is 0 Å². The molecule has 2 aromatic heterocycles. The maximum atomic E-state index is 8.69. The van der Waals surface area contributed by atoms with Crippen molar-refractivity contribution in [3.8, 4) is 17.7 Å². The van der Waals surface area contributed by atoms with Gasteiger partial charge in [0.25, 0.3) is 0 Å². The van der Waals surface area contributed by atoms with Crippen molar-refractivity contribution in [1.82, 2.24) is 15.3 Å². The van der Waals surface area contributed by atoms with E-state index in [1.165, 1.54) is 6.20 Å². The normalized spacial score (nSPS) is 10.2. The number of pyridine rings is 1. The van der Waals surface area contributed by atoms with E-state index in [4.69, 9.17) is 9.68 Å². The highest BCUT2D eigenvalue weighted by Crippen LogP contribution is 2.16. The molecular formula is C13H14N4O. The van der Waals surface area contributed by atoms with Gasteiger partial charge in [-0.3, -0.25) is 0 Å². The fourth-order valence-electron chi connectivity index (χ4n) is 1.49. The molecule has 5 heteroatoms. The number of hydrogen-bond donors (Lipinski definition) is 1. The Morgan fingerprint density at radius 1 is 1.44 bits per heavy atom. The van der Waals surface area contributed by atoms with Crippen molar-refractivity contribution in [2.45, 2.75) is 19.9 Å². The van der Waals surface area contributed by atoms with Gasteiger partial charge in [-0.05, 0) is 25.1 Å². The maximum Gasteiger partial charge on any atom is 0.245 e. The van der Waals surface area contributed by atoms with Crippen molar-refractivity contribution < 1.29 is 4.42 Å². The quantitative estimate of drug-likeness (QED) is 0.813. The lowest BCUT2D eigenvalue weighted by Gasteiger charge is -1.97. The molecule has 2 rings (SSSR count). The molecule has 0 saturated heterocycles. The fourth-order valence-corrected chi connectivity index (χ4v) is 1.49. The van der Waals surface area contributed by atoms with Crippen molar-refractivity contribution in [1.29, 1.82) is 5.26 Å². The average molecular weight is 242 g/mol. The summed E-state index contributed by atoms with van der Waals surface area (Å²) in [5.74, 6) is 0.479. The molecule has 2 aromatic rings. The Balaban J connectivity index is 2.06. The van der Waals surface area contributed by atoms with Crippen molar-refractivity contribution in [2.24, 2.45) is 0 Å². The number of oxazole rings is 1. The van der Waals surface area contributed by atoms with Crippen LogP contribution in [0.4, 0.5) is 0 Å². The second-order valence-corrected chi connectivity index (χ2v) is 3.86. The summed E-state index contributed by atoms with van der Waals surface area (Å²) in [6, 6.07) is 5.45. The van der Waals surface area contributed by atoms with Gasteiger partial charge >= 0.3 is 0 Å². The molecule has 18 heavy (non-hydrogen) atoms. The molecule has 1 N–H and O–H groups in total. The molecule has 92 valence electrons. The summed E-state index contributed by atoms with van der Waals surface area (Å²) in [5.41, 5.74) is 2.01. The van der Waals surface area contributed by atoms with Crippen LogP contribution in [-0.4, -0.2) is 16.5 Å². The lowest BCUT2D eigenvalue weighted by Crippen LogP contribution is -2.13. The molecule has 0 fully saturated rings. The third kappa shape index (κ3) is 2.93. The van der Waals surface area contributed by atoms with Crippen LogP contribution < -0.4 is 5.32 Å². The largest absolute Gasteiger partial charge is 0.443 e. The number of nitrogens with one attached hydrogen (secondary N) is 1. The van der Waals surface area contributed by atoms with Crippen LogP contribution in [0.3, 0.4) is 0 Å². The van der Waals surface area contributed by atoms with Crippen LogP contribution in [0.1, 0.15) is 24.6 Å². The summed E-state index contributed by atoms with van der Waals surface area (Å²) in [6.45, 7) is 3.76. The van der Waals surface area contributed by atoms with Crippen molar-refractivity contribution in [3.05, 3.63) is 35.9 Å². The van der Waals surface area contributed by atoms with E-state index in [0.717, 1.165) is 18.7 Å². The monoisotopic (exact) mass is 242 g/mol. The number of rotatable bonds is 5. The molecule has 0 radical (unpaired) electrons. The second-order valence-electron chi connectivity index (χ2n) is 3.86. The molecule has 0 atom stereocenters. The van der Waals surface area contributed by atoms with Gasteiger partial charge in [0.2, 0.25) is 5.89 Å². The maximum absolute atomic E-state index is 8.69. The highest BCUT2D eigenvalue weighted by atomic mass is 16.3. The predicted molar refractivity (Wildman–Crippen MR) is 66.4 cm³/mol. The highest BCUT2D eigenvalue weighted by Gasteiger charge is 2.07. The van der Waals surface area contributed by atoms with Crippen LogP contribution in [-0.2, 0) is 6.54 Å². The standard InChI is InChI=1S/C13H14N4O/c1-2-5-15-8-11-9-18-13(17-11)12-4-3-10(6-14)7-16-12/h3-4,7,9,15H,2,5,8H2,1H3. The van der Waals surface area contributed by atoms with Crippen LogP contribution in [0, 0.1) is 11.3 Å². The fraction of sp³-hybridized carbons (Fsp3) is 0.308. The third-order valence-electron chi connectivity index (χ3n) is 2.40. The second kappa shape index (κ2) is 5.94. The molecule has 0 aliphatic carbocycles. The van der Waals surface area contributed by atoms with E-state index in [1.807, 2.05) is 6.07 Å². The number of hydrogen-bond acceptors (Lipinski definition) is 5. The summed E-state index contributed by atoms with van der Waals surface area (Å²) < 4.78 is 5.36. The van der Waals surface area contributed by atoms with E-state index in [-0.39, 0.29) is 0 Å². The summed E-state index contributed by atoms with van der Waals surface area (Å²) in [6.07, 6.45) is 4.22. The third-order valence-corrected chi connectivity index (χ3v) is 2.40. The van der Waals surface area contributed by atoms with Crippen LogP contribution in [0.15, 0.2) is 29.0 Å². The molecule has 0 saturated carbocycles. The van der Waals surface area contributed by atoms with Crippen molar-refractivity contribution in [3.63, 3.8) is 0 Å². The van der Waals surface area contributed by atoms with Crippen molar-refractivity contribution >= 4 is 0 Å². The summed E-state index contributed by atoms with van der Waals surface area (Å²) in [4.78, 5) is 8.46. The minimum atomic E-state index is 0.479. The summed E-state index contributed by atoms with van der Waals surface area (Å²) in [5, 5.41) is 11.9. The first-order valence-corrected chi connectivity index (χ1v) is 5.85. The van der Waals surface area contributed by atoms with Crippen LogP contribution in [0.25, 0.3) is 11.6 Å². The molecule has 0 aromatic carbocycles. The van der Waals surface area contributed by atoms with Crippen molar-refractivity contribution in [2.75, 3.05) is 6.54 Å². The molecular weight excluding hydrogens is 228 g/mol. The van der Waals surface area contributed by atoms with Crippen LogP contribution >= 0.6 is 0 Å². The molecule has 5 nitrogen and oxygen atoms in total. The zero-order chi connectivity index (χ0) is 12.8. The molecule has 0 bridgehead atoms. The molecule has 2 heterocycles. The summed E-state index contributed by atoms with van der Waals surface area (Å²) >= 11 is 0. The van der Waals surface area contributed by atoms with E-state index in [2.05, 4.69) is 22.2 Å². The average Bonchev–Trinajstić information content (AvgIpc) is 2.88. The van der Waals surface area contributed by atoms with Gasteiger partial charge in [-0.1, -0.05) is 6.92 Å². The lowest BCUT2D eigenvalue weighted by molar-refractivity contribution is 0.567. The first-order valence-electron chi connectivity index (χ1n) is 5.85. The Morgan fingerprint density at radius 3 is 3.00 bits per heavy atom. The minimum Gasteiger partial charge on any atom is -0.443 e. The van der Waals surface area contributed by atoms with Gasteiger partial charge in [0, 0.05) is 12.7 Å². The zero-order valence-corrected chi connectivity index (χ0v) is 10.2. The minimum absolute atomic E-state index is 0.479. The van der Waals surface area contributed by atoms with Gasteiger partial charge in [0.05, 0.1) is 11.3 Å². The van der Waals surface area contributed by atoms with Gasteiger partial charge < -0.3 is 9.73 Å². The number of nitrogens with zero attached hydrogens (tertiary/aromatic N) is 3. The molecule has 0 amide bonds. The van der Waals surface area contributed by atoms with Gasteiger partial charge in [0.1, 0.15) is 18.0 Å². The predicted octanol–water partition coefficient (Wildman–Crippen LogP) is 2.11. The Bertz CT molecular complexity index is 539. The van der Waals surface area contributed by atoms with E-state index < -0.39 is 0 Å². The molecule has 0 aliphatic rings. The van der Waals surface area contributed by atoms with Crippen LogP contribution in [0.5, 0.6) is 0 Å². The van der Waals surface area contributed by atoms with Gasteiger partial charge in [-0.25, -0.2) is 9.97 Å². The Labute approximate surface area is 105 Å². The van der Waals surface area contributed by atoms with Gasteiger partial charge in [-0.15, -0.1) is 0 Å². The molecule has 0 spiro atoms. The van der Waals surface area contributed by atoms with E-state index in [1.54, 1.807) is 18.4 Å². The number of nitriles is 1. The topological polar surface area (TPSA) is 74.7 Å².